The zero-order valence-electron chi connectivity index (χ0n) is 12.1. The third-order valence-electron chi connectivity index (χ3n) is 2.91. The number of hydrogen-bond acceptors (Lipinski definition) is 4. The summed E-state index contributed by atoms with van der Waals surface area (Å²) in [7, 11) is 0. The van der Waals surface area contributed by atoms with Crippen LogP contribution in [0, 0.1) is 16.0 Å². The van der Waals surface area contributed by atoms with E-state index in [1.54, 1.807) is 12.1 Å². The second-order valence-electron chi connectivity index (χ2n) is 5.28. The average Bonchev–Trinajstić information content (AvgIpc) is 2.27. The summed E-state index contributed by atoms with van der Waals surface area (Å²) in [5.74, 6) is 0.783. The molecular weight excluding hydrogens is 244 g/mol. The van der Waals surface area contributed by atoms with Crippen molar-refractivity contribution in [2.45, 2.75) is 46.8 Å². The van der Waals surface area contributed by atoms with E-state index >= 15 is 0 Å². The molecule has 0 saturated heterocycles. The minimum atomic E-state index is -0.423. The number of anilines is 1. The van der Waals surface area contributed by atoms with Gasteiger partial charge in [0.2, 0.25) is 0 Å². The molecule has 0 aliphatic rings. The lowest BCUT2D eigenvalue weighted by atomic mass is 10.1. The molecule has 0 aromatic heterocycles. The van der Waals surface area contributed by atoms with Gasteiger partial charge < -0.3 is 10.1 Å². The molecule has 19 heavy (non-hydrogen) atoms. The second-order valence-corrected chi connectivity index (χ2v) is 5.28. The van der Waals surface area contributed by atoms with Crippen LogP contribution in [0.1, 0.15) is 34.6 Å². The fraction of sp³-hybridized carbons (Fsp3) is 0.571. The maximum Gasteiger partial charge on any atom is 0.311 e. The molecule has 0 bridgehead atoms. The van der Waals surface area contributed by atoms with E-state index in [1.165, 1.54) is 6.07 Å². The van der Waals surface area contributed by atoms with Crippen LogP contribution in [0.3, 0.4) is 0 Å². The zero-order valence-corrected chi connectivity index (χ0v) is 12.1. The molecule has 1 aromatic rings. The van der Waals surface area contributed by atoms with Crippen LogP contribution in [0.2, 0.25) is 0 Å². The third kappa shape index (κ3) is 4.43. The molecule has 0 spiro atoms. The molecule has 0 saturated carbocycles. The first kappa shape index (κ1) is 15.3. The lowest BCUT2D eigenvalue weighted by Gasteiger charge is -2.19. The highest BCUT2D eigenvalue weighted by molar-refractivity contribution is 5.58. The first-order valence-corrected chi connectivity index (χ1v) is 6.53. The van der Waals surface area contributed by atoms with Gasteiger partial charge in [-0.2, -0.15) is 0 Å². The van der Waals surface area contributed by atoms with E-state index in [0.717, 1.165) is 5.69 Å². The highest BCUT2D eigenvalue weighted by atomic mass is 16.6. The Hall–Kier alpha value is -1.78. The quantitative estimate of drug-likeness (QED) is 0.627. The van der Waals surface area contributed by atoms with Crippen molar-refractivity contribution in [3.8, 4) is 5.75 Å². The maximum absolute atomic E-state index is 11.0. The number of nitro benzene ring substituents is 1. The number of ether oxygens (including phenoxy) is 1. The van der Waals surface area contributed by atoms with Crippen LogP contribution >= 0.6 is 0 Å². The molecule has 0 heterocycles. The molecule has 1 aromatic carbocycles. The lowest BCUT2D eigenvalue weighted by molar-refractivity contribution is -0.386. The minimum absolute atomic E-state index is 0.00329. The topological polar surface area (TPSA) is 64.4 Å². The van der Waals surface area contributed by atoms with Gasteiger partial charge in [0.05, 0.1) is 11.0 Å². The number of nitro groups is 1. The van der Waals surface area contributed by atoms with E-state index in [4.69, 9.17) is 4.74 Å². The van der Waals surface area contributed by atoms with Crippen molar-refractivity contribution in [1.29, 1.82) is 0 Å². The molecule has 5 nitrogen and oxygen atoms in total. The minimum Gasteiger partial charge on any atom is -0.484 e. The van der Waals surface area contributed by atoms with Gasteiger partial charge in [-0.15, -0.1) is 0 Å². The lowest BCUT2D eigenvalue weighted by Crippen LogP contribution is -2.21. The highest BCUT2D eigenvalue weighted by Crippen LogP contribution is 2.31. The van der Waals surface area contributed by atoms with E-state index in [0.29, 0.717) is 11.7 Å². The molecular formula is C14H22N2O3. The Morgan fingerprint density at radius 2 is 1.84 bits per heavy atom. The molecule has 1 N–H and O–H groups in total. The highest BCUT2D eigenvalue weighted by Gasteiger charge is 2.17. The Balaban J connectivity index is 3.00. The molecule has 1 unspecified atom stereocenters. The van der Waals surface area contributed by atoms with Crippen molar-refractivity contribution in [3.63, 3.8) is 0 Å². The van der Waals surface area contributed by atoms with E-state index in [9.17, 15) is 10.1 Å². The van der Waals surface area contributed by atoms with Crippen LogP contribution < -0.4 is 10.1 Å². The monoisotopic (exact) mass is 266 g/mol. The number of nitrogens with zero attached hydrogens (tertiary/aromatic N) is 1. The Morgan fingerprint density at radius 1 is 1.21 bits per heavy atom. The van der Waals surface area contributed by atoms with Crippen molar-refractivity contribution in [2.24, 2.45) is 5.92 Å². The van der Waals surface area contributed by atoms with Gasteiger partial charge in [-0.3, -0.25) is 10.1 Å². The van der Waals surface area contributed by atoms with Gasteiger partial charge in [-0.1, -0.05) is 13.8 Å². The summed E-state index contributed by atoms with van der Waals surface area (Å²) < 4.78 is 5.51. The summed E-state index contributed by atoms with van der Waals surface area (Å²) in [5, 5.41) is 14.3. The maximum atomic E-state index is 11.0. The Kier molecular flexibility index (Phi) is 5.15. The zero-order chi connectivity index (χ0) is 14.6. The van der Waals surface area contributed by atoms with E-state index in [1.807, 2.05) is 13.8 Å². The summed E-state index contributed by atoms with van der Waals surface area (Å²) >= 11 is 0. The van der Waals surface area contributed by atoms with Gasteiger partial charge >= 0.3 is 5.69 Å². The Labute approximate surface area is 114 Å². The van der Waals surface area contributed by atoms with Crippen LogP contribution in [0.4, 0.5) is 11.4 Å². The first-order valence-electron chi connectivity index (χ1n) is 6.53. The van der Waals surface area contributed by atoms with Crippen molar-refractivity contribution in [3.05, 3.63) is 28.3 Å². The predicted molar refractivity (Wildman–Crippen MR) is 76.8 cm³/mol. The molecule has 1 atom stereocenters. The number of benzene rings is 1. The van der Waals surface area contributed by atoms with E-state index in [-0.39, 0.29) is 17.8 Å². The van der Waals surface area contributed by atoms with E-state index in [2.05, 4.69) is 26.1 Å². The molecule has 0 aliphatic carbocycles. The average molecular weight is 266 g/mol. The van der Waals surface area contributed by atoms with Crippen LogP contribution in [-0.2, 0) is 0 Å². The number of rotatable bonds is 6. The normalized spacial score (nSPS) is 12.6. The Bertz CT molecular complexity index is 444. The van der Waals surface area contributed by atoms with Gasteiger partial charge in [-0.25, -0.2) is 0 Å². The van der Waals surface area contributed by atoms with Crippen LogP contribution in [0.25, 0.3) is 0 Å². The summed E-state index contributed by atoms with van der Waals surface area (Å²) in [5.41, 5.74) is 0.832. The van der Waals surface area contributed by atoms with E-state index < -0.39 is 4.92 Å². The molecule has 0 radical (unpaired) electrons. The smallest absolute Gasteiger partial charge is 0.311 e. The van der Waals surface area contributed by atoms with Gasteiger partial charge in [0.1, 0.15) is 0 Å². The predicted octanol–water partition coefficient (Wildman–Crippen LogP) is 3.84. The number of hydrogen-bond donors (Lipinski definition) is 1. The van der Waals surface area contributed by atoms with Crippen molar-refractivity contribution in [1.82, 2.24) is 0 Å². The van der Waals surface area contributed by atoms with Gasteiger partial charge in [0.25, 0.3) is 0 Å². The summed E-state index contributed by atoms with van der Waals surface area (Å²) in [4.78, 5) is 10.5. The fourth-order valence-electron chi connectivity index (χ4n) is 1.53. The molecule has 0 fully saturated rings. The van der Waals surface area contributed by atoms with Gasteiger partial charge in [-0.05, 0) is 32.8 Å². The molecule has 0 aliphatic heterocycles. The largest absolute Gasteiger partial charge is 0.484 e. The standard InChI is InChI=1S/C14H22N2O3/c1-9(2)11(5)15-12-6-7-13(16(17)18)14(8-12)19-10(3)4/h6-11,15H,1-5H3. The second kappa shape index (κ2) is 6.41. The van der Waals surface area contributed by atoms with Crippen LogP contribution in [0.15, 0.2) is 18.2 Å². The summed E-state index contributed by atoms with van der Waals surface area (Å²) in [6.45, 7) is 10.0. The fourth-order valence-corrected chi connectivity index (χ4v) is 1.53. The Morgan fingerprint density at radius 3 is 2.32 bits per heavy atom. The third-order valence-corrected chi connectivity index (χ3v) is 2.91. The molecule has 0 amide bonds. The number of nitrogens with one attached hydrogen (secondary N) is 1. The summed E-state index contributed by atoms with van der Waals surface area (Å²) in [6.07, 6.45) is -0.100. The summed E-state index contributed by atoms with van der Waals surface area (Å²) in [6, 6.07) is 5.17. The SMILES string of the molecule is CC(C)Oc1cc(NC(C)C(C)C)ccc1[N+](=O)[O-]. The first-order chi connectivity index (χ1) is 8.81. The van der Waals surface area contributed by atoms with Crippen molar-refractivity contribution < 1.29 is 9.66 Å². The molecule has 5 heteroatoms. The van der Waals surface area contributed by atoms with Crippen LogP contribution in [-0.4, -0.2) is 17.1 Å². The van der Waals surface area contributed by atoms with Crippen molar-refractivity contribution in [2.75, 3.05) is 5.32 Å². The van der Waals surface area contributed by atoms with Gasteiger partial charge in [0.15, 0.2) is 5.75 Å². The molecule has 1 rings (SSSR count). The van der Waals surface area contributed by atoms with Crippen molar-refractivity contribution >= 4 is 11.4 Å². The van der Waals surface area contributed by atoms with Gasteiger partial charge in [0, 0.05) is 23.9 Å². The molecule has 106 valence electrons. The van der Waals surface area contributed by atoms with Crippen LogP contribution in [0.5, 0.6) is 5.75 Å².